The molecule has 21 heteroatoms. The fourth-order valence-electron chi connectivity index (χ4n) is 18.3. The van der Waals surface area contributed by atoms with E-state index in [2.05, 4.69) is 226 Å². The van der Waals surface area contributed by atoms with Gasteiger partial charge in [-0.1, -0.05) is 200 Å². The molecule has 4 aliphatic heterocycles. The van der Waals surface area contributed by atoms with Gasteiger partial charge in [-0.3, -0.25) is 22.8 Å². The first kappa shape index (κ1) is 61.8. The molecular formula is C94H53BN16O4. The lowest BCUT2D eigenvalue weighted by atomic mass is 9.64. The molecule has 13 heterocycles. The Labute approximate surface area is 650 Å². The molecule has 14 aromatic carbocycles. The summed E-state index contributed by atoms with van der Waals surface area (Å²) in [4.78, 5) is 46.7. The summed E-state index contributed by atoms with van der Waals surface area (Å²) in [5, 5.41) is 8.93. The lowest BCUT2D eigenvalue weighted by Gasteiger charge is -2.34. The van der Waals surface area contributed by atoms with Crippen molar-refractivity contribution in [1.29, 1.82) is 0 Å². The van der Waals surface area contributed by atoms with Crippen molar-refractivity contribution >= 4 is 133 Å². The standard InChI is InChI=1S/C47H26BN9O2.C47H27N7O2/c1-7-19-34-28(13-1)29-14-2-8-20-35(29)54(34)44-51-43(52-45(53-44)55-36-21-9-3-15-30(36)31-16-4-10-22-37(31)55)27-25-40-42-41(26-27)59-47-50-33-18-6-12-24-39(33)57(47)48(42)56-38-23-11-5-17-32(38)49-46(56)58-40;1-7-19-34-28(13-1)29-14-2-8-20-35(29)52(34)45-49-44(50-46(51-45)53-36-21-9-3-15-30(36)31-16-4-10-22-37(31)53)27-25-40-42-41(26-27)56-47-48-33-18-6-11-23-38(33)54(47)43(42)32-17-5-12-24-39(32)55-40/h1-26H;1-26,43H. The van der Waals surface area contributed by atoms with Crippen LogP contribution in [0.15, 0.2) is 315 Å². The number of imidazole rings is 3. The molecule has 0 aliphatic carbocycles. The van der Waals surface area contributed by atoms with Crippen LogP contribution in [0.5, 0.6) is 46.8 Å². The Morgan fingerprint density at radius 2 is 0.530 bits per heavy atom. The van der Waals surface area contributed by atoms with Crippen molar-refractivity contribution in [2.75, 3.05) is 0 Å². The molecule has 20 nitrogen and oxygen atoms in total. The summed E-state index contributed by atoms with van der Waals surface area (Å²) in [6.45, 7) is -0.374. The van der Waals surface area contributed by atoms with E-state index >= 15 is 0 Å². The van der Waals surface area contributed by atoms with Crippen LogP contribution < -0.4 is 24.4 Å². The van der Waals surface area contributed by atoms with E-state index in [4.69, 9.17) is 63.8 Å². The number of ether oxygens (including phenoxy) is 4. The number of hydrogen-bond donors (Lipinski definition) is 0. The van der Waals surface area contributed by atoms with Crippen molar-refractivity contribution in [1.82, 2.24) is 76.6 Å². The highest BCUT2D eigenvalue weighted by atomic mass is 16.5. The van der Waals surface area contributed by atoms with E-state index in [0.717, 1.165) is 148 Å². The molecule has 1 unspecified atom stereocenters. The molecule has 4 aliphatic rings. The van der Waals surface area contributed by atoms with Gasteiger partial charge in [-0.25, -0.2) is 0 Å². The summed E-state index contributed by atoms with van der Waals surface area (Å²) in [5.74, 6) is 6.23. The van der Waals surface area contributed by atoms with Crippen LogP contribution in [-0.4, -0.2) is 83.6 Å². The van der Waals surface area contributed by atoms with Crippen LogP contribution in [0, 0.1) is 0 Å². The SMILES string of the molecule is c1ccc2c(c1)Oc1cc(-c3nc(-n4c5ccccc5c5ccccc54)nc(-n4c5ccccc5c5ccccc54)n3)cc3c1C2n1c(nc2ccccc21)O3.c1ccc2c(c1)nc1n2B2c3c(cc(-c4nc(-n5c6ccccc6c6ccccc65)nc(-n5c6ccccc6c6ccccc65)n4)cc3Oc3nc4ccccc4n32)O1. The highest BCUT2D eigenvalue weighted by Crippen LogP contribution is 2.56. The third-order valence-electron chi connectivity index (χ3n) is 23.1. The first-order chi connectivity index (χ1) is 57.0. The molecule has 27 rings (SSSR count). The quantitative estimate of drug-likeness (QED) is 0.143. The average molecular weight is 1480 g/mol. The minimum Gasteiger partial charge on any atom is -0.456 e. The van der Waals surface area contributed by atoms with Gasteiger partial charge in [-0.2, -0.15) is 44.9 Å². The Balaban J connectivity index is 0.000000126. The van der Waals surface area contributed by atoms with Crippen LogP contribution in [0.2, 0.25) is 0 Å². The molecule has 0 fully saturated rings. The molecule has 0 N–H and O–H groups in total. The number of nitrogens with zero attached hydrogens (tertiary/aromatic N) is 16. The zero-order chi connectivity index (χ0) is 74.8. The van der Waals surface area contributed by atoms with Crippen LogP contribution >= 0.6 is 0 Å². The van der Waals surface area contributed by atoms with Gasteiger partial charge >= 0.3 is 13.0 Å². The van der Waals surface area contributed by atoms with Gasteiger partial charge in [0.05, 0.1) is 94.3 Å². The first-order valence-electron chi connectivity index (χ1n) is 38.1. The van der Waals surface area contributed by atoms with E-state index in [1.807, 2.05) is 121 Å². The fourth-order valence-corrected chi connectivity index (χ4v) is 18.3. The van der Waals surface area contributed by atoms with Crippen molar-refractivity contribution in [2.24, 2.45) is 0 Å². The van der Waals surface area contributed by atoms with Crippen LogP contribution in [-0.2, 0) is 0 Å². The van der Waals surface area contributed by atoms with Crippen molar-refractivity contribution in [3.8, 4) is 93.3 Å². The van der Waals surface area contributed by atoms with Crippen molar-refractivity contribution < 1.29 is 18.9 Å². The lowest BCUT2D eigenvalue weighted by molar-refractivity contribution is 0.348. The number of aromatic nitrogens is 16. The molecule has 9 aromatic heterocycles. The molecule has 0 spiro atoms. The van der Waals surface area contributed by atoms with E-state index in [1.54, 1.807) is 0 Å². The van der Waals surface area contributed by atoms with E-state index < -0.39 is 0 Å². The second-order valence-electron chi connectivity index (χ2n) is 29.3. The van der Waals surface area contributed by atoms with E-state index in [1.165, 1.54) is 0 Å². The summed E-state index contributed by atoms with van der Waals surface area (Å²) in [5.41, 5.74) is 17.7. The molecule has 0 radical (unpaired) electrons. The first-order valence-corrected chi connectivity index (χ1v) is 38.1. The van der Waals surface area contributed by atoms with E-state index in [9.17, 15) is 0 Å². The van der Waals surface area contributed by atoms with Crippen LogP contribution in [0.3, 0.4) is 0 Å². The zero-order valence-electron chi connectivity index (χ0n) is 60.5. The van der Waals surface area contributed by atoms with Gasteiger partial charge in [0.25, 0.3) is 12.0 Å². The molecule has 0 saturated carbocycles. The van der Waals surface area contributed by atoms with E-state index in [0.29, 0.717) is 82.0 Å². The average Bonchev–Trinajstić information content (AvgIpc) is 1.63. The minimum atomic E-state index is -0.374. The third-order valence-corrected chi connectivity index (χ3v) is 23.1. The van der Waals surface area contributed by atoms with Gasteiger partial charge < -0.3 is 27.9 Å². The molecule has 536 valence electrons. The van der Waals surface area contributed by atoms with Gasteiger partial charge in [0.15, 0.2) is 11.6 Å². The molecule has 0 bridgehead atoms. The fraction of sp³-hybridized carbons (Fsp3) is 0.0106. The molecule has 0 saturated heterocycles. The predicted octanol–water partition coefficient (Wildman–Crippen LogP) is 20.4. The predicted molar refractivity (Wildman–Crippen MR) is 447 cm³/mol. The van der Waals surface area contributed by atoms with Crippen molar-refractivity contribution in [3.63, 3.8) is 0 Å². The normalized spacial score (nSPS) is 13.6. The van der Waals surface area contributed by atoms with E-state index in [-0.39, 0.29) is 13.0 Å². The summed E-state index contributed by atoms with van der Waals surface area (Å²) < 4.78 is 41.9. The largest absolute Gasteiger partial charge is 0.456 e. The molecule has 1 atom stereocenters. The maximum Gasteiger partial charge on any atom is 0.435 e. The summed E-state index contributed by atoms with van der Waals surface area (Å²) >= 11 is 0. The van der Waals surface area contributed by atoms with Gasteiger partial charge in [0.1, 0.15) is 28.7 Å². The lowest BCUT2D eigenvalue weighted by Crippen LogP contribution is -2.50. The number of rotatable bonds is 6. The van der Waals surface area contributed by atoms with Gasteiger partial charge in [-0.05, 0) is 115 Å². The van der Waals surface area contributed by atoms with Gasteiger partial charge in [-0.15, -0.1) is 0 Å². The van der Waals surface area contributed by atoms with Gasteiger partial charge in [0.2, 0.25) is 23.8 Å². The van der Waals surface area contributed by atoms with Gasteiger partial charge in [0, 0.05) is 59.8 Å². The third kappa shape index (κ3) is 8.81. The monoisotopic (exact) mass is 1480 g/mol. The van der Waals surface area contributed by atoms with Crippen LogP contribution in [0.25, 0.3) is 167 Å². The molecule has 23 aromatic rings. The number of fused-ring (bicyclic) bond motifs is 26. The number of para-hydroxylation sites is 15. The summed E-state index contributed by atoms with van der Waals surface area (Å²) in [7, 11) is 0. The smallest absolute Gasteiger partial charge is 0.435 e. The summed E-state index contributed by atoms with van der Waals surface area (Å²) in [6.07, 6.45) is 0. The van der Waals surface area contributed by atoms with Crippen molar-refractivity contribution in [2.45, 2.75) is 6.04 Å². The second-order valence-corrected chi connectivity index (χ2v) is 29.3. The van der Waals surface area contributed by atoms with Crippen LogP contribution in [0.1, 0.15) is 17.2 Å². The molecule has 115 heavy (non-hydrogen) atoms. The summed E-state index contributed by atoms with van der Waals surface area (Å²) in [6, 6.07) is 109. The maximum absolute atomic E-state index is 6.77. The molecular weight excluding hydrogens is 1430 g/mol. The highest BCUT2D eigenvalue weighted by molar-refractivity contribution is 6.75. The number of hydrogen-bond acceptors (Lipinski definition) is 13. The Morgan fingerprint density at radius 3 is 0.913 bits per heavy atom. The number of benzene rings is 14. The zero-order valence-corrected chi connectivity index (χ0v) is 60.5. The molecule has 0 amide bonds. The van der Waals surface area contributed by atoms with Crippen molar-refractivity contribution in [3.05, 3.63) is 327 Å². The topological polar surface area (TPSA) is 187 Å². The Morgan fingerprint density at radius 1 is 0.243 bits per heavy atom. The van der Waals surface area contributed by atoms with Crippen LogP contribution in [0.4, 0.5) is 0 Å². The minimum absolute atomic E-state index is 0.199. The second kappa shape index (κ2) is 23.3. The Bertz CT molecular complexity index is 7630. The Kier molecular flexibility index (Phi) is 12.5. The highest BCUT2D eigenvalue weighted by Gasteiger charge is 2.46. The maximum atomic E-state index is 6.77. The Hall–Kier alpha value is -16.0.